The number of rotatable bonds is 5. The summed E-state index contributed by atoms with van der Waals surface area (Å²) in [5, 5.41) is 7.39. The van der Waals surface area contributed by atoms with E-state index in [-0.39, 0.29) is 12.3 Å². The van der Waals surface area contributed by atoms with Crippen LogP contribution in [0.1, 0.15) is 24.0 Å². The highest BCUT2D eigenvalue weighted by atomic mass is 16.7. The molecule has 4 aromatic rings. The van der Waals surface area contributed by atoms with E-state index in [1.54, 1.807) is 7.11 Å². The van der Waals surface area contributed by atoms with Gasteiger partial charge in [0, 0.05) is 54.3 Å². The zero-order valence-electron chi connectivity index (χ0n) is 20.2. The van der Waals surface area contributed by atoms with Crippen LogP contribution in [0, 0.1) is 0 Å². The maximum absolute atomic E-state index is 12.9. The monoisotopic (exact) mass is 483 g/mol. The van der Waals surface area contributed by atoms with Crippen LogP contribution < -0.4 is 20.1 Å². The minimum absolute atomic E-state index is 0.0737. The number of methoxy groups -OCH3 is 1. The van der Waals surface area contributed by atoms with Gasteiger partial charge in [-0.05, 0) is 59.2 Å². The van der Waals surface area contributed by atoms with Crippen molar-refractivity contribution in [1.82, 2.24) is 10.3 Å². The van der Waals surface area contributed by atoms with Crippen molar-refractivity contribution in [3.05, 3.63) is 78.0 Å². The molecule has 2 aliphatic rings. The lowest BCUT2D eigenvalue weighted by Gasteiger charge is -2.41. The van der Waals surface area contributed by atoms with Crippen molar-refractivity contribution in [3.63, 3.8) is 0 Å². The summed E-state index contributed by atoms with van der Waals surface area (Å²) in [7, 11) is 1.64. The van der Waals surface area contributed by atoms with Gasteiger partial charge in [-0.25, -0.2) is 0 Å². The molecule has 184 valence electrons. The van der Waals surface area contributed by atoms with Crippen molar-refractivity contribution in [1.29, 1.82) is 0 Å². The molecular formula is C29H29N3O4. The van der Waals surface area contributed by atoms with E-state index in [1.165, 1.54) is 0 Å². The largest absolute Gasteiger partial charge is 0.497 e. The zero-order valence-corrected chi connectivity index (χ0v) is 20.2. The van der Waals surface area contributed by atoms with Crippen LogP contribution in [0.25, 0.3) is 22.0 Å². The van der Waals surface area contributed by atoms with E-state index < -0.39 is 5.79 Å². The summed E-state index contributed by atoms with van der Waals surface area (Å²) < 4.78 is 17.8. The van der Waals surface area contributed by atoms with Crippen molar-refractivity contribution in [2.45, 2.75) is 31.7 Å². The van der Waals surface area contributed by atoms with E-state index in [4.69, 9.17) is 14.2 Å². The Kier molecular flexibility index (Phi) is 5.87. The number of aromatic amines is 1. The molecule has 0 unspecified atom stereocenters. The fourth-order valence-corrected chi connectivity index (χ4v) is 5.05. The maximum atomic E-state index is 12.9. The van der Waals surface area contributed by atoms with Crippen LogP contribution in [-0.4, -0.2) is 36.9 Å². The molecule has 0 aliphatic carbocycles. The first-order valence-electron chi connectivity index (χ1n) is 12.3. The number of hydrogen-bond acceptors (Lipinski definition) is 5. The molecule has 1 amide bonds. The molecular weight excluding hydrogens is 454 g/mol. The molecule has 36 heavy (non-hydrogen) atoms. The van der Waals surface area contributed by atoms with Crippen LogP contribution in [0.3, 0.4) is 0 Å². The van der Waals surface area contributed by atoms with Gasteiger partial charge in [-0.15, -0.1) is 0 Å². The number of anilines is 1. The second-order valence-electron chi connectivity index (χ2n) is 9.41. The predicted molar refractivity (Wildman–Crippen MR) is 139 cm³/mol. The van der Waals surface area contributed by atoms with Crippen molar-refractivity contribution >= 4 is 22.5 Å². The Morgan fingerprint density at radius 2 is 1.92 bits per heavy atom. The van der Waals surface area contributed by atoms with Gasteiger partial charge in [0.2, 0.25) is 11.7 Å². The fourth-order valence-electron chi connectivity index (χ4n) is 5.05. The molecule has 6 rings (SSSR count). The average Bonchev–Trinajstić information content (AvgIpc) is 3.30. The number of aromatic nitrogens is 1. The Hall–Kier alpha value is -3.81. The Morgan fingerprint density at radius 1 is 1.06 bits per heavy atom. The first kappa shape index (κ1) is 22.6. The van der Waals surface area contributed by atoms with Crippen LogP contribution in [-0.2, 0) is 22.6 Å². The van der Waals surface area contributed by atoms with Crippen molar-refractivity contribution in [2.24, 2.45) is 0 Å². The van der Waals surface area contributed by atoms with Crippen LogP contribution >= 0.6 is 0 Å². The molecule has 0 atom stereocenters. The summed E-state index contributed by atoms with van der Waals surface area (Å²) in [5.41, 5.74) is 5.79. The third-order valence-corrected chi connectivity index (χ3v) is 7.02. The van der Waals surface area contributed by atoms with Gasteiger partial charge < -0.3 is 29.8 Å². The standard InChI is InChI=1S/C29H29N3O4/c1-34-24-6-7-26-25(16-24)21(17-31-26)15-28(33)32-23-4-2-3-19(14-23)20-5-8-27-22(13-20)18-35-29(36-27)9-11-30-12-10-29/h2-8,13-14,16-17,30-31H,9-12,15,18H2,1H3,(H,32,33). The number of hydrogen-bond donors (Lipinski definition) is 3. The zero-order chi connectivity index (χ0) is 24.5. The molecule has 0 saturated carbocycles. The summed E-state index contributed by atoms with van der Waals surface area (Å²) >= 11 is 0. The second-order valence-corrected chi connectivity index (χ2v) is 9.41. The molecule has 2 aliphatic heterocycles. The quantitative estimate of drug-likeness (QED) is 0.372. The Balaban J connectivity index is 1.17. The van der Waals surface area contributed by atoms with Gasteiger partial charge in [0.1, 0.15) is 11.5 Å². The summed E-state index contributed by atoms with van der Waals surface area (Å²) in [4.78, 5) is 16.1. The summed E-state index contributed by atoms with van der Waals surface area (Å²) in [6.07, 6.45) is 3.84. The number of carbonyl (C=O) groups is 1. The van der Waals surface area contributed by atoms with Crippen LogP contribution in [0.2, 0.25) is 0 Å². The molecule has 1 fully saturated rings. The van der Waals surface area contributed by atoms with E-state index >= 15 is 0 Å². The molecule has 1 aromatic heterocycles. The number of fused-ring (bicyclic) bond motifs is 2. The molecule has 7 heteroatoms. The predicted octanol–water partition coefficient (Wildman–Crippen LogP) is 5.01. The Morgan fingerprint density at radius 3 is 2.78 bits per heavy atom. The highest BCUT2D eigenvalue weighted by Crippen LogP contribution is 2.38. The van der Waals surface area contributed by atoms with Gasteiger partial charge in [-0.1, -0.05) is 18.2 Å². The van der Waals surface area contributed by atoms with Gasteiger partial charge in [0.15, 0.2) is 0 Å². The normalized spacial score (nSPS) is 16.4. The first-order valence-corrected chi connectivity index (χ1v) is 12.3. The third-order valence-electron chi connectivity index (χ3n) is 7.02. The topological polar surface area (TPSA) is 84.6 Å². The average molecular weight is 484 g/mol. The van der Waals surface area contributed by atoms with E-state index in [9.17, 15) is 4.79 Å². The smallest absolute Gasteiger partial charge is 0.228 e. The number of nitrogens with one attached hydrogen (secondary N) is 3. The van der Waals surface area contributed by atoms with Gasteiger partial charge in [-0.3, -0.25) is 4.79 Å². The second kappa shape index (κ2) is 9.33. The molecule has 3 aromatic carbocycles. The molecule has 7 nitrogen and oxygen atoms in total. The van der Waals surface area contributed by atoms with Crippen molar-refractivity contribution in [3.8, 4) is 22.6 Å². The number of amides is 1. The molecule has 0 radical (unpaired) electrons. The molecule has 1 saturated heterocycles. The highest BCUT2D eigenvalue weighted by Gasteiger charge is 2.38. The molecule has 3 heterocycles. The summed E-state index contributed by atoms with van der Waals surface area (Å²) in [6, 6.07) is 19.9. The van der Waals surface area contributed by atoms with E-state index in [0.29, 0.717) is 6.61 Å². The highest BCUT2D eigenvalue weighted by molar-refractivity contribution is 5.96. The number of benzene rings is 3. The van der Waals surface area contributed by atoms with Crippen LogP contribution in [0.15, 0.2) is 66.9 Å². The Labute approximate surface area is 209 Å². The lowest BCUT2D eigenvalue weighted by molar-refractivity contribution is -0.218. The minimum Gasteiger partial charge on any atom is -0.497 e. The molecule has 3 N–H and O–H groups in total. The summed E-state index contributed by atoms with van der Waals surface area (Å²) in [6.45, 7) is 2.34. The van der Waals surface area contributed by atoms with Crippen LogP contribution in [0.5, 0.6) is 11.5 Å². The number of H-pyrrole nitrogens is 1. The maximum Gasteiger partial charge on any atom is 0.228 e. The first-order chi connectivity index (χ1) is 17.6. The third kappa shape index (κ3) is 4.43. The van der Waals surface area contributed by atoms with Gasteiger partial charge in [-0.2, -0.15) is 0 Å². The van der Waals surface area contributed by atoms with Crippen molar-refractivity contribution < 1.29 is 19.0 Å². The van der Waals surface area contributed by atoms with E-state index in [2.05, 4.69) is 27.8 Å². The van der Waals surface area contributed by atoms with E-state index in [0.717, 1.165) is 76.3 Å². The lowest BCUT2D eigenvalue weighted by Crippen LogP contribution is -2.49. The Bertz CT molecular complexity index is 1420. The lowest BCUT2D eigenvalue weighted by atomic mass is 9.99. The SMILES string of the molecule is COc1ccc2[nH]cc(CC(=O)Nc3cccc(-c4ccc5c(c4)COC4(CCNCC4)O5)c3)c2c1. The van der Waals surface area contributed by atoms with Gasteiger partial charge in [0.05, 0.1) is 20.1 Å². The molecule has 0 bridgehead atoms. The number of ether oxygens (including phenoxy) is 3. The van der Waals surface area contributed by atoms with E-state index in [1.807, 2.05) is 54.7 Å². The summed E-state index contributed by atoms with van der Waals surface area (Å²) in [5.74, 6) is 1.09. The van der Waals surface area contributed by atoms with Gasteiger partial charge >= 0.3 is 0 Å². The minimum atomic E-state index is -0.500. The molecule has 1 spiro atoms. The van der Waals surface area contributed by atoms with Gasteiger partial charge in [0.25, 0.3) is 0 Å². The van der Waals surface area contributed by atoms with Crippen LogP contribution in [0.4, 0.5) is 5.69 Å². The number of carbonyl (C=O) groups excluding carboxylic acids is 1. The fraction of sp³-hybridized carbons (Fsp3) is 0.276. The van der Waals surface area contributed by atoms with Crippen molar-refractivity contribution in [2.75, 3.05) is 25.5 Å². The number of piperidine rings is 1.